The van der Waals surface area contributed by atoms with Crippen LogP contribution in [0.2, 0.25) is 0 Å². The van der Waals surface area contributed by atoms with Crippen LogP contribution in [0.5, 0.6) is 0 Å². The van der Waals surface area contributed by atoms with E-state index in [4.69, 9.17) is 9.47 Å². The summed E-state index contributed by atoms with van der Waals surface area (Å²) in [7, 11) is 1.40. The van der Waals surface area contributed by atoms with Crippen molar-refractivity contribution < 1.29 is 18.7 Å². The predicted octanol–water partition coefficient (Wildman–Crippen LogP) is 2.05. The zero-order valence-corrected chi connectivity index (χ0v) is 10.2. The molecule has 0 bridgehead atoms. The van der Waals surface area contributed by atoms with Crippen LogP contribution in [0.25, 0.3) is 0 Å². The lowest BCUT2D eigenvalue weighted by molar-refractivity contribution is -0.164. The van der Waals surface area contributed by atoms with E-state index in [9.17, 15) is 9.18 Å². The van der Waals surface area contributed by atoms with Gasteiger partial charge in [0.1, 0.15) is 5.82 Å². The molecule has 1 aliphatic carbocycles. The Balaban J connectivity index is 2.03. The smallest absolute Gasteiger partial charge is 0.312 e. The van der Waals surface area contributed by atoms with Crippen molar-refractivity contribution in [2.75, 3.05) is 20.3 Å². The Morgan fingerprint density at radius 2 is 2.11 bits per heavy atom. The number of benzene rings is 1. The number of rotatable bonds is 3. The molecule has 0 spiro atoms. The van der Waals surface area contributed by atoms with Gasteiger partial charge in [0.05, 0.1) is 31.2 Å². The Bertz CT molecular complexity index is 490. The van der Waals surface area contributed by atoms with Crippen molar-refractivity contribution in [3.63, 3.8) is 0 Å². The minimum Gasteiger partial charge on any atom is -0.469 e. The van der Waals surface area contributed by atoms with Gasteiger partial charge in [-0.05, 0) is 30.5 Å². The molecule has 0 aromatic heterocycles. The van der Waals surface area contributed by atoms with Crippen LogP contribution in [0.4, 0.5) is 4.39 Å². The Morgan fingerprint density at radius 1 is 1.39 bits per heavy atom. The van der Waals surface area contributed by atoms with E-state index in [2.05, 4.69) is 0 Å². The number of halogens is 1. The summed E-state index contributed by atoms with van der Waals surface area (Å²) in [4.78, 5) is 12.0. The molecule has 0 unspecified atom stereocenters. The molecule has 1 saturated carbocycles. The second kappa shape index (κ2) is 3.79. The van der Waals surface area contributed by atoms with E-state index in [-0.39, 0.29) is 11.8 Å². The average molecular weight is 250 g/mol. The number of carbonyl (C=O) groups is 1. The summed E-state index contributed by atoms with van der Waals surface area (Å²) >= 11 is 0. The van der Waals surface area contributed by atoms with E-state index in [0.29, 0.717) is 13.2 Å². The van der Waals surface area contributed by atoms with Crippen molar-refractivity contribution in [3.8, 4) is 0 Å². The predicted molar refractivity (Wildman–Crippen MR) is 62.6 cm³/mol. The highest BCUT2D eigenvalue weighted by molar-refractivity contribution is 5.82. The molecule has 0 N–H and O–H groups in total. The Hall–Kier alpha value is -1.42. The van der Waals surface area contributed by atoms with E-state index < -0.39 is 10.8 Å². The van der Waals surface area contributed by atoms with Gasteiger partial charge in [-0.3, -0.25) is 4.79 Å². The molecule has 1 aliphatic heterocycles. The third-order valence-electron chi connectivity index (χ3n) is 4.32. The molecular weight excluding hydrogens is 235 g/mol. The van der Waals surface area contributed by atoms with E-state index in [1.165, 1.54) is 19.2 Å². The molecule has 1 heterocycles. The lowest BCUT2D eigenvalue weighted by Crippen LogP contribution is -2.56. The van der Waals surface area contributed by atoms with Crippen molar-refractivity contribution >= 4 is 5.97 Å². The number of hydrogen-bond donors (Lipinski definition) is 0. The maximum absolute atomic E-state index is 13.4. The summed E-state index contributed by atoms with van der Waals surface area (Å²) in [6, 6.07) is 6.46. The molecule has 18 heavy (non-hydrogen) atoms. The summed E-state index contributed by atoms with van der Waals surface area (Å²) in [5.74, 6) is -0.477. The van der Waals surface area contributed by atoms with Crippen molar-refractivity contribution in [1.82, 2.24) is 0 Å². The molecule has 2 fully saturated rings. The Kier molecular flexibility index (Phi) is 2.45. The summed E-state index contributed by atoms with van der Waals surface area (Å²) in [5.41, 5.74) is -0.0626. The van der Waals surface area contributed by atoms with Crippen LogP contribution in [0.3, 0.4) is 0 Å². The molecule has 2 aliphatic rings. The normalized spacial score (nSPS) is 23.0. The highest BCUT2D eigenvalue weighted by Gasteiger charge is 2.68. The quantitative estimate of drug-likeness (QED) is 0.770. The molecule has 0 atom stereocenters. The fraction of sp³-hybridized carbons (Fsp3) is 0.500. The van der Waals surface area contributed by atoms with Crippen LogP contribution in [-0.2, 0) is 19.7 Å². The average Bonchev–Trinajstić information content (AvgIpc) is 3.08. The monoisotopic (exact) mass is 250 g/mol. The topological polar surface area (TPSA) is 35.5 Å². The van der Waals surface area contributed by atoms with E-state index >= 15 is 0 Å². The van der Waals surface area contributed by atoms with Gasteiger partial charge in [-0.1, -0.05) is 12.1 Å². The molecule has 1 aromatic carbocycles. The third kappa shape index (κ3) is 1.35. The lowest BCUT2D eigenvalue weighted by atomic mass is 9.66. The van der Waals surface area contributed by atoms with Crippen molar-refractivity contribution in [2.45, 2.75) is 18.3 Å². The number of esters is 1. The van der Waals surface area contributed by atoms with Gasteiger partial charge in [0.2, 0.25) is 0 Å². The van der Waals surface area contributed by atoms with E-state index in [0.717, 1.165) is 18.4 Å². The molecule has 1 saturated heterocycles. The van der Waals surface area contributed by atoms with Gasteiger partial charge in [-0.2, -0.15) is 0 Å². The molecule has 0 amide bonds. The largest absolute Gasteiger partial charge is 0.469 e. The lowest BCUT2D eigenvalue weighted by Gasteiger charge is -2.47. The van der Waals surface area contributed by atoms with Gasteiger partial charge in [-0.25, -0.2) is 4.39 Å². The first-order valence-corrected chi connectivity index (χ1v) is 6.07. The maximum Gasteiger partial charge on any atom is 0.312 e. The molecule has 96 valence electrons. The first-order valence-electron chi connectivity index (χ1n) is 6.07. The highest BCUT2D eigenvalue weighted by Crippen LogP contribution is 2.63. The van der Waals surface area contributed by atoms with Crippen molar-refractivity contribution in [2.24, 2.45) is 5.41 Å². The van der Waals surface area contributed by atoms with Crippen LogP contribution in [0.1, 0.15) is 18.4 Å². The van der Waals surface area contributed by atoms with Gasteiger partial charge in [0.25, 0.3) is 0 Å². The fourth-order valence-corrected chi connectivity index (χ4v) is 3.01. The molecule has 0 radical (unpaired) electrons. The summed E-state index contributed by atoms with van der Waals surface area (Å²) in [6.45, 7) is 0.928. The minimum absolute atomic E-state index is 0.199. The van der Waals surface area contributed by atoms with Crippen molar-refractivity contribution in [3.05, 3.63) is 35.6 Å². The molecule has 3 nitrogen and oxygen atoms in total. The standard InChI is InChI=1S/C14H15FO3/c1-17-12(16)13(5-6-13)14(8-18-9-14)10-3-2-4-11(15)7-10/h2-4,7H,5-6,8-9H2,1H3. The zero-order chi connectivity index (χ0) is 12.8. The highest BCUT2D eigenvalue weighted by atomic mass is 19.1. The number of methoxy groups -OCH3 is 1. The van der Waals surface area contributed by atoms with Gasteiger partial charge in [-0.15, -0.1) is 0 Å². The molecular formula is C14H15FO3. The number of hydrogen-bond acceptors (Lipinski definition) is 3. The second-order valence-corrected chi connectivity index (χ2v) is 5.16. The third-order valence-corrected chi connectivity index (χ3v) is 4.32. The minimum atomic E-state index is -0.506. The molecule has 4 heteroatoms. The first-order chi connectivity index (χ1) is 8.64. The van der Waals surface area contributed by atoms with Gasteiger partial charge in [0.15, 0.2) is 0 Å². The Morgan fingerprint density at radius 3 is 2.56 bits per heavy atom. The maximum atomic E-state index is 13.4. The summed E-state index contributed by atoms with van der Waals surface area (Å²) < 4.78 is 23.6. The van der Waals surface area contributed by atoms with Crippen LogP contribution in [0.15, 0.2) is 24.3 Å². The van der Waals surface area contributed by atoms with Crippen LogP contribution >= 0.6 is 0 Å². The molecule has 3 rings (SSSR count). The SMILES string of the molecule is COC(=O)C1(C2(c3cccc(F)c3)COC2)CC1. The van der Waals surface area contributed by atoms with Gasteiger partial charge in [0, 0.05) is 0 Å². The Labute approximate surface area is 105 Å². The van der Waals surface area contributed by atoms with Crippen molar-refractivity contribution in [1.29, 1.82) is 0 Å². The molecule has 1 aromatic rings. The van der Waals surface area contributed by atoms with Crippen LogP contribution < -0.4 is 0 Å². The summed E-state index contributed by atoms with van der Waals surface area (Å²) in [6.07, 6.45) is 1.58. The number of ether oxygens (including phenoxy) is 2. The van der Waals surface area contributed by atoms with Gasteiger partial charge >= 0.3 is 5.97 Å². The second-order valence-electron chi connectivity index (χ2n) is 5.16. The van der Waals surface area contributed by atoms with E-state index in [1.54, 1.807) is 6.07 Å². The first kappa shape index (κ1) is 11.7. The van der Waals surface area contributed by atoms with E-state index in [1.807, 2.05) is 6.07 Å². The van der Waals surface area contributed by atoms with Crippen LogP contribution in [-0.4, -0.2) is 26.3 Å². The summed E-state index contributed by atoms with van der Waals surface area (Å²) in [5, 5.41) is 0. The zero-order valence-electron chi connectivity index (χ0n) is 10.2. The van der Waals surface area contributed by atoms with Gasteiger partial charge < -0.3 is 9.47 Å². The van der Waals surface area contributed by atoms with Crippen LogP contribution in [0, 0.1) is 11.2 Å². The number of carbonyl (C=O) groups excluding carboxylic acids is 1. The fourth-order valence-electron chi connectivity index (χ4n) is 3.01.